The lowest BCUT2D eigenvalue weighted by Crippen LogP contribution is -1.97. The first-order chi connectivity index (χ1) is 8.74. The fraction of sp³-hybridized carbons (Fsp3) is 0.500. The number of aryl methyl sites for hydroxylation is 1. The number of hydrogen-bond donors (Lipinski definition) is 1. The van der Waals surface area contributed by atoms with Crippen LogP contribution < -0.4 is 0 Å². The van der Waals surface area contributed by atoms with Crippen molar-refractivity contribution in [2.75, 3.05) is 0 Å². The number of fused-ring (bicyclic) bond motifs is 1. The van der Waals surface area contributed by atoms with E-state index in [1.165, 1.54) is 25.7 Å². The Morgan fingerprint density at radius 1 is 1.22 bits per heavy atom. The highest BCUT2D eigenvalue weighted by Crippen LogP contribution is 2.28. The second kappa shape index (κ2) is 4.67. The van der Waals surface area contributed by atoms with Gasteiger partial charge in [-0.3, -0.25) is 0 Å². The van der Waals surface area contributed by atoms with Crippen molar-refractivity contribution in [2.45, 2.75) is 38.5 Å². The monoisotopic (exact) mass is 250 g/mol. The molecule has 96 valence electrons. The third kappa shape index (κ3) is 2.11. The van der Waals surface area contributed by atoms with Crippen LogP contribution in [0.4, 0.5) is 8.78 Å². The molecule has 0 bridgehead atoms. The molecule has 1 fully saturated rings. The second-order valence-electron chi connectivity index (χ2n) is 5.13. The summed E-state index contributed by atoms with van der Waals surface area (Å²) in [6.45, 7) is 0. The zero-order chi connectivity index (χ0) is 12.5. The van der Waals surface area contributed by atoms with Crippen LogP contribution in [-0.2, 0) is 6.42 Å². The maximum absolute atomic E-state index is 13.5. The first-order valence-corrected chi connectivity index (χ1v) is 6.56. The van der Waals surface area contributed by atoms with Crippen molar-refractivity contribution in [3.05, 3.63) is 29.6 Å². The third-order valence-corrected chi connectivity index (χ3v) is 3.86. The van der Waals surface area contributed by atoms with Crippen LogP contribution >= 0.6 is 0 Å². The highest BCUT2D eigenvalue weighted by Gasteiger charge is 2.16. The summed E-state index contributed by atoms with van der Waals surface area (Å²) < 4.78 is 26.6. The van der Waals surface area contributed by atoms with E-state index in [2.05, 4.69) is 9.97 Å². The molecule has 1 aromatic carbocycles. The van der Waals surface area contributed by atoms with E-state index < -0.39 is 11.6 Å². The highest BCUT2D eigenvalue weighted by atomic mass is 19.2. The van der Waals surface area contributed by atoms with Gasteiger partial charge in [-0.15, -0.1) is 0 Å². The molecule has 0 unspecified atom stereocenters. The number of rotatable bonds is 3. The minimum absolute atomic E-state index is 0.122. The lowest BCUT2D eigenvalue weighted by atomic mass is 10.0. The average molecular weight is 250 g/mol. The van der Waals surface area contributed by atoms with E-state index in [0.29, 0.717) is 5.52 Å². The van der Waals surface area contributed by atoms with Crippen molar-refractivity contribution < 1.29 is 8.78 Å². The van der Waals surface area contributed by atoms with E-state index in [4.69, 9.17) is 0 Å². The summed E-state index contributed by atoms with van der Waals surface area (Å²) in [6, 6.07) is 2.68. The number of nitrogens with one attached hydrogen (secondary N) is 1. The van der Waals surface area contributed by atoms with Crippen LogP contribution in [0.3, 0.4) is 0 Å². The molecular formula is C14H16F2N2. The van der Waals surface area contributed by atoms with Gasteiger partial charge in [0.15, 0.2) is 11.6 Å². The first kappa shape index (κ1) is 11.6. The van der Waals surface area contributed by atoms with E-state index in [9.17, 15) is 8.78 Å². The topological polar surface area (TPSA) is 28.7 Å². The maximum Gasteiger partial charge on any atom is 0.186 e. The molecule has 0 radical (unpaired) electrons. The number of aromatic amines is 1. The summed E-state index contributed by atoms with van der Waals surface area (Å²) in [5.74, 6) is -0.145. The van der Waals surface area contributed by atoms with E-state index >= 15 is 0 Å². The van der Waals surface area contributed by atoms with Gasteiger partial charge in [0.05, 0.1) is 5.52 Å². The van der Waals surface area contributed by atoms with Crippen LogP contribution in [0.1, 0.15) is 37.9 Å². The predicted molar refractivity (Wildman–Crippen MR) is 66.3 cm³/mol. The summed E-state index contributed by atoms with van der Waals surface area (Å²) >= 11 is 0. The molecule has 2 nitrogen and oxygen atoms in total. The average Bonchev–Trinajstić information content (AvgIpc) is 3.00. The van der Waals surface area contributed by atoms with Crippen LogP contribution in [0.5, 0.6) is 0 Å². The van der Waals surface area contributed by atoms with Gasteiger partial charge in [0.1, 0.15) is 11.3 Å². The largest absolute Gasteiger partial charge is 0.342 e. The Labute approximate surface area is 104 Å². The molecular weight excluding hydrogens is 234 g/mol. The minimum Gasteiger partial charge on any atom is -0.342 e. The van der Waals surface area contributed by atoms with Gasteiger partial charge in [0, 0.05) is 6.42 Å². The standard InChI is InChI=1S/C14H16F2N2/c15-10-6-7-11-14(13(10)16)18-12(17-11)8-5-9-3-1-2-4-9/h6-7,9H,1-5,8H2,(H,17,18). The van der Waals surface area contributed by atoms with Gasteiger partial charge in [-0.25, -0.2) is 13.8 Å². The smallest absolute Gasteiger partial charge is 0.186 e. The molecule has 1 N–H and O–H groups in total. The quantitative estimate of drug-likeness (QED) is 0.877. The molecule has 1 heterocycles. The van der Waals surface area contributed by atoms with Gasteiger partial charge in [0.25, 0.3) is 0 Å². The summed E-state index contributed by atoms with van der Waals surface area (Å²) in [7, 11) is 0. The zero-order valence-corrected chi connectivity index (χ0v) is 10.2. The predicted octanol–water partition coefficient (Wildman–Crippen LogP) is 3.96. The van der Waals surface area contributed by atoms with Crippen LogP contribution in [0, 0.1) is 17.6 Å². The Morgan fingerprint density at radius 3 is 2.78 bits per heavy atom. The van der Waals surface area contributed by atoms with Crippen molar-refractivity contribution in [3.8, 4) is 0 Å². The van der Waals surface area contributed by atoms with E-state index in [-0.39, 0.29) is 5.52 Å². The van der Waals surface area contributed by atoms with E-state index in [0.717, 1.165) is 30.7 Å². The number of nitrogens with zero attached hydrogens (tertiary/aromatic N) is 1. The Bertz CT molecular complexity index is 556. The number of halogens is 2. The third-order valence-electron chi connectivity index (χ3n) is 3.86. The van der Waals surface area contributed by atoms with E-state index in [1.807, 2.05) is 0 Å². The van der Waals surface area contributed by atoms with Gasteiger partial charge >= 0.3 is 0 Å². The van der Waals surface area contributed by atoms with Crippen LogP contribution in [0.15, 0.2) is 12.1 Å². The zero-order valence-electron chi connectivity index (χ0n) is 10.2. The molecule has 0 aliphatic heterocycles. The molecule has 1 saturated carbocycles. The number of imidazole rings is 1. The molecule has 0 spiro atoms. The van der Waals surface area contributed by atoms with Crippen LogP contribution in [0.25, 0.3) is 11.0 Å². The van der Waals surface area contributed by atoms with Crippen molar-refractivity contribution >= 4 is 11.0 Å². The van der Waals surface area contributed by atoms with Crippen molar-refractivity contribution in [1.82, 2.24) is 9.97 Å². The van der Waals surface area contributed by atoms with Gasteiger partial charge in [0.2, 0.25) is 0 Å². The molecule has 1 aliphatic carbocycles. The molecule has 4 heteroatoms. The van der Waals surface area contributed by atoms with Crippen LogP contribution in [-0.4, -0.2) is 9.97 Å². The molecule has 1 aromatic heterocycles. The summed E-state index contributed by atoms with van der Waals surface area (Å²) in [5, 5.41) is 0. The minimum atomic E-state index is -0.851. The van der Waals surface area contributed by atoms with Gasteiger partial charge < -0.3 is 4.98 Å². The lowest BCUT2D eigenvalue weighted by molar-refractivity contribution is 0.498. The van der Waals surface area contributed by atoms with Crippen molar-refractivity contribution in [3.63, 3.8) is 0 Å². The van der Waals surface area contributed by atoms with Gasteiger partial charge in [-0.05, 0) is 24.5 Å². The molecule has 0 saturated heterocycles. The Hall–Kier alpha value is -1.45. The lowest BCUT2D eigenvalue weighted by Gasteiger charge is -2.05. The molecule has 2 aromatic rings. The van der Waals surface area contributed by atoms with Gasteiger partial charge in [-0.2, -0.15) is 0 Å². The Morgan fingerprint density at radius 2 is 2.00 bits per heavy atom. The highest BCUT2D eigenvalue weighted by molar-refractivity contribution is 5.75. The molecule has 0 amide bonds. The van der Waals surface area contributed by atoms with Crippen molar-refractivity contribution in [2.24, 2.45) is 5.92 Å². The molecule has 1 aliphatic rings. The number of H-pyrrole nitrogens is 1. The summed E-state index contributed by atoms with van der Waals surface area (Å²) in [5.41, 5.74) is 0.701. The van der Waals surface area contributed by atoms with Crippen LogP contribution in [0.2, 0.25) is 0 Å². The fourth-order valence-corrected chi connectivity index (χ4v) is 2.83. The Balaban J connectivity index is 1.78. The fourth-order valence-electron chi connectivity index (χ4n) is 2.83. The molecule has 18 heavy (non-hydrogen) atoms. The number of hydrogen-bond acceptors (Lipinski definition) is 1. The van der Waals surface area contributed by atoms with E-state index in [1.54, 1.807) is 6.07 Å². The summed E-state index contributed by atoms with van der Waals surface area (Å²) in [6.07, 6.45) is 7.14. The number of benzene rings is 1. The van der Waals surface area contributed by atoms with Gasteiger partial charge in [-0.1, -0.05) is 25.7 Å². The number of aromatic nitrogens is 2. The van der Waals surface area contributed by atoms with Crippen molar-refractivity contribution in [1.29, 1.82) is 0 Å². The Kier molecular flexibility index (Phi) is 3.02. The second-order valence-corrected chi connectivity index (χ2v) is 5.13. The first-order valence-electron chi connectivity index (χ1n) is 6.56. The molecule has 3 rings (SSSR count). The SMILES string of the molecule is Fc1ccc2[nH]c(CCC3CCCC3)nc2c1F. The maximum atomic E-state index is 13.5. The molecule has 0 atom stereocenters. The summed E-state index contributed by atoms with van der Waals surface area (Å²) in [4.78, 5) is 7.23. The normalized spacial score (nSPS) is 16.8.